The zero-order chi connectivity index (χ0) is 24.3. The van der Waals surface area contributed by atoms with Crippen molar-refractivity contribution in [3.63, 3.8) is 0 Å². The largest absolute Gasteiger partial charge is 0.490 e. The molecule has 7 nitrogen and oxygen atoms in total. The van der Waals surface area contributed by atoms with Crippen LogP contribution in [0.1, 0.15) is 43.5 Å². The monoisotopic (exact) mass is 461 g/mol. The summed E-state index contributed by atoms with van der Waals surface area (Å²) < 4.78 is 30.0. The molecule has 1 fully saturated rings. The maximum absolute atomic E-state index is 13.5. The molecule has 8 heteroatoms. The molecule has 0 radical (unpaired) electrons. The standard InChI is InChI=1S/C26H24FN3O4/c1-26(2,16-3-7-19(8-4-16)32-21-12-22(13-21)34-25(29)31)17-5-9-20(10-6-17)33-24-11-18(27)15-30-23(24)14-28/h3-11,15,21-22H,12-13H2,1-2H3,(H2,29,31). The lowest BCUT2D eigenvalue weighted by atomic mass is 9.78. The van der Waals surface area contributed by atoms with Crippen LogP contribution in [0.2, 0.25) is 0 Å². The topological polar surface area (TPSA) is 107 Å². The number of ether oxygens (including phenoxy) is 3. The molecule has 0 bridgehead atoms. The van der Waals surface area contributed by atoms with Crippen molar-refractivity contribution in [1.29, 1.82) is 5.26 Å². The Morgan fingerprint density at radius 1 is 1.06 bits per heavy atom. The van der Waals surface area contributed by atoms with Crippen LogP contribution in [0, 0.1) is 17.1 Å². The number of nitriles is 1. The van der Waals surface area contributed by atoms with Gasteiger partial charge in [-0.05, 0) is 35.4 Å². The number of pyridine rings is 1. The molecule has 0 atom stereocenters. The minimum Gasteiger partial charge on any atom is -0.490 e. The molecule has 1 aliphatic carbocycles. The van der Waals surface area contributed by atoms with Crippen LogP contribution in [-0.4, -0.2) is 23.3 Å². The van der Waals surface area contributed by atoms with Crippen molar-refractivity contribution in [3.8, 4) is 23.3 Å². The second kappa shape index (κ2) is 9.40. The van der Waals surface area contributed by atoms with Gasteiger partial charge in [-0.1, -0.05) is 38.1 Å². The molecule has 2 N–H and O–H groups in total. The molecule has 0 spiro atoms. The summed E-state index contributed by atoms with van der Waals surface area (Å²) in [6.45, 7) is 4.22. The average Bonchev–Trinajstić information content (AvgIpc) is 2.78. The first-order chi connectivity index (χ1) is 16.2. The van der Waals surface area contributed by atoms with Crippen molar-refractivity contribution in [1.82, 2.24) is 4.98 Å². The van der Waals surface area contributed by atoms with Gasteiger partial charge >= 0.3 is 6.09 Å². The second-order valence-electron chi connectivity index (χ2n) is 8.66. The normalized spacial score (nSPS) is 17.2. The number of carbonyl (C=O) groups excluding carboxylic acids is 1. The molecule has 0 unspecified atom stereocenters. The van der Waals surface area contributed by atoms with Crippen LogP contribution in [0.15, 0.2) is 60.8 Å². The Morgan fingerprint density at radius 3 is 2.21 bits per heavy atom. The van der Waals surface area contributed by atoms with Gasteiger partial charge in [-0.2, -0.15) is 5.26 Å². The highest BCUT2D eigenvalue weighted by atomic mass is 19.1. The Kier molecular flexibility index (Phi) is 6.37. The average molecular weight is 461 g/mol. The number of nitrogens with two attached hydrogens (primary N) is 1. The Morgan fingerprint density at radius 2 is 1.65 bits per heavy atom. The molecule has 34 heavy (non-hydrogen) atoms. The summed E-state index contributed by atoms with van der Waals surface area (Å²) in [6.07, 6.45) is 1.32. The van der Waals surface area contributed by atoms with Crippen LogP contribution in [0.4, 0.5) is 9.18 Å². The smallest absolute Gasteiger partial charge is 0.404 e. The van der Waals surface area contributed by atoms with Crippen molar-refractivity contribution >= 4 is 6.09 Å². The number of carbonyl (C=O) groups is 1. The molecule has 3 aromatic rings. The number of amides is 1. The highest BCUT2D eigenvalue weighted by Gasteiger charge is 2.33. The van der Waals surface area contributed by atoms with Crippen molar-refractivity contribution in [3.05, 3.63) is 83.4 Å². The van der Waals surface area contributed by atoms with E-state index in [-0.39, 0.29) is 29.1 Å². The molecule has 1 aromatic heterocycles. The molecule has 0 aliphatic heterocycles. The SMILES string of the molecule is CC(C)(c1ccc(Oc2cc(F)cnc2C#N)cc1)c1ccc(OC2CC(OC(N)=O)C2)cc1. The van der Waals surface area contributed by atoms with Gasteiger partial charge in [-0.25, -0.2) is 14.2 Å². The molecule has 1 heterocycles. The van der Waals surface area contributed by atoms with E-state index in [1.54, 1.807) is 12.1 Å². The van der Waals surface area contributed by atoms with Crippen LogP contribution in [0.5, 0.6) is 17.2 Å². The number of aromatic nitrogens is 1. The van der Waals surface area contributed by atoms with E-state index >= 15 is 0 Å². The first-order valence-electron chi connectivity index (χ1n) is 10.8. The van der Waals surface area contributed by atoms with Gasteiger partial charge in [0.05, 0.1) is 6.20 Å². The van der Waals surface area contributed by atoms with Gasteiger partial charge in [0.25, 0.3) is 0 Å². The first kappa shape index (κ1) is 23.1. The fourth-order valence-electron chi connectivity index (χ4n) is 3.83. The number of nitrogens with zero attached hydrogens (tertiary/aromatic N) is 2. The van der Waals surface area contributed by atoms with Crippen LogP contribution in [-0.2, 0) is 10.2 Å². The molecule has 174 valence electrons. The van der Waals surface area contributed by atoms with Crippen LogP contribution in [0.3, 0.4) is 0 Å². The molecular formula is C26H24FN3O4. The summed E-state index contributed by atoms with van der Waals surface area (Å²) in [4.78, 5) is 14.5. The Bertz CT molecular complexity index is 1210. The van der Waals surface area contributed by atoms with Gasteiger partial charge in [-0.15, -0.1) is 0 Å². The quantitative estimate of drug-likeness (QED) is 0.517. The van der Waals surface area contributed by atoms with Gasteiger partial charge in [0.15, 0.2) is 11.4 Å². The second-order valence-corrected chi connectivity index (χ2v) is 8.66. The number of halogens is 1. The lowest BCUT2D eigenvalue weighted by Crippen LogP contribution is -2.41. The Balaban J connectivity index is 1.40. The summed E-state index contributed by atoms with van der Waals surface area (Å²) in [5.41, 5.74) is 6.90. The number of rotatable bonds is 7. The van der Waals surface area contributed by atoms with Crippen LogP contribution in [0.25, 0.3) is 0 Å². The minimum absolute atomic E-state index is 0.00518. The number of hydrogen-bond donors (Lipinski definition) is 1. The van der Waals surface area contributed by atoms with Crippen LogP contribution >= 0.6 is 0 Å². The van der Waals surface area contributed by atoms with Crippen molar-refractivity contribution in [2.45, 2.75) is 44.3 Å². The number of primary amides is 1. The zero-order valence-electron chi connectivity index (χ0n) is 18.8. The maximum atomic E-state index is 13.5. The lowest BCUT2D eigenvalue weighted by molar-refractivity contribution is -0.0197. The van der Waals surface area contributed by atoms with E-state index in [1.807, 2.05) is 42.5 Å². The van der Waals surface area contributed by atoms with E-state index in [9.17, 15) is 9.18 Å². The van der Waals surface area contributed by atoms with Gasteiger partial charge in [0.1, 0.15) is 35.6 Å². The van der Waals surface area contributed by atoms with Gasteiger partial charge in [-0.3, -0.25) is 0 Å². The molecule has 1 aliphatic rings. The number of benzene rings is 2. The third kappa shape index (κ3) is 5.09. The lowest BCUT2D eigenvalue weighted by Gasteiger charge is -2.34. The summed E-state index contributed by atoms with van der Waals surface area (Å²) in [5.74, 6) is 0.730. The Labute approximate surface area is 196 Å². The highest BCUT2D eigenvalue weighted by Crippen LogP contribution is 2.35. The van der Waals surface area contributed by atoms with E-state index in [0.29, 0.717) is 18.6 Å². The van der Waals surface area contributed by atoms with E-state index in [4.69, 9.17) is 25.2 Å². The predicted molar refractivity (Wildman–Crippen MR) is 122 cm³/mol. The molecular weight excluding hydrogens is 437 g/mol. The third-order valence-corrected chi connectivity index (χ3v) is 5.94. The van der Waals surface area contributed by atoms with Gasteiger partial charge in [0, 0.05) is 24.3 Å². The van der Waals surface area contributed by atoms with Crippen molar-refractivity contribution in [2.75, 3.05) is 0 Å². The van der Waals surface area contributed by atoms with Gasteiger partial charge in [0.2, 0.25) is 0 Å². The summed E-state index contributed by atoms with van der Waals surface area (Å²) in [6, 6.07) is 18.4. The van der Waals surface area contributed by atoms with E-state index < -0.39 is 11.9 Å². The first-order valence-corrected chi connectivity index (χ1v) is 10.8. The maximum Gasteiger partial charge on any atom is 0.404 e. The fraction of sp³-hybridized carbons (Fsp3) is 0.269. The minimum atomic E-state index is -0.757. The summed E-state index contributed by atoms with van der Waals surface area (Å²) in [5, 5.41) is 9.15. The summed E-state index contributed by atoms with van der Waals surface area (Å²) in [7, 11) is 0. The van der Waals surface area contributed by atoms with Crippen molar-refractivity contribution in [2.24, 2.45) is 5.73 Å². The molecule has 4 rings (SSSR count). The fourth-order valence-corrected chi connectivity index (χ4v) is 3.83. The predicted octanol–water partition coefficient (Wildman–Crippen LogP) is 5.22. The molecule has 1 amide bonds. The third-order valence-electron chi connectivity index (χ3n) is 5.94. The van der Waals surface area contributed by atoms with E-state index in [0.717, 1.165) is 29.1 Å². The highest BCUT2D eigenvalue weighted by molar-refractivity contribution is 5.64. The summed E-state index contributed by atoms with van der Waals surface area (Å²) >= 11 is 0. The molecule has 0 saturated heterocycles. The number of hydrogen-bond acceptors (Lipinski definition) is 6. The van der Waals surface area contributed by atoms with E-state index in [2.05, 4.69) is 18.8 Å². The van der Waals surface area contributed by atoms with E-state index in [1.165, 1.54) is 0 Å². The van der Waals surface area contributed by atoms with Crippen molar-refractivity contribution < 1.29 is 23.4 Å². The zero-order valence-corrected chi connectivity index (χ0v) is 18.8. The van der Waals surface area contributed by atoms with Crippen LogP contribution < -0.4 is 15.2 Å². The molecule has 1 saturated carbocycles. The molecule has 2 aromatic carbocycles. The van der Waals surface area contributed by atoms with Gasteiger partial charge < -0.3 is 19.9 Å². The Hall–Kier alpha value is -4.12.